The highest BCUT2D eigenvalue weighted by molar-refractivity contribution is 7.89. The molecule has 214 valence electrons. The van der Waals surface area contributed by atoms with Gasteiger partial charge in [-0.1, -0.05) is 6.07 Å². The molecule has 1 saturated carbocycles. The lowest BCUT2D eigenvalue weighted by atomic mass is 10.0. The van der Waals surface area contributed by atoms with Crippen LogP contribution < -0.4 is 14.2 Å². The molecule has 0 aliphatic heterocycles. The van der Waals surface area contributed by atoms with Crippen molar-refractivity contribution < 1.29 is 36.6 Å². The number of rotatable bonds is 13. The standard InChI is InChI=1S/C29H32F2N2O6S/c1-33(7-8-34)16-20-9-23(12-26(10-20)38-17-19-3-4-19)24-11-25(30)15-27(13-24)39-18-22-6-5-21(14-28(22)31)29(35)32-40(2,36)37/h5-6,9-15,19,34H,3-4,7-8,16-18H2,1-2H3,(H,32,35). The largest absolute Gasteiger partial charge is 0.493 e. The van der Waals surface area contributed by atoms with Crippen molar-refractivity contribution in [1.82, 2.24) is 9.62 Å². The second-order valence-corrected chi connectivity index (χ2v) is 11.8. The zero-order valence-corrected chi connectivity index (χ0v) is 23.1. The molecule has 2 N–H and O–H groups in total. The third-order valence-corrected chi connectivity index (χ3v) is 6.83. The summed E-state index contributed by atoms with van der Waals surface area (Å²) in [5.41, 5.74) is 2.15. The van der Waals surface area contributed by atoms with Crippen molar-refractivity contribution in [2.45, 2.75) is 26.0 Å². The molecular formula is C29H32F2N2O6S. The van der Waals surface area contributed by atoms with Crippen LogP contribution in [0.15, 0.2) is 54.6 Å². The van der Waals surface area contributed by atoms with Crippen LogP contribution in [0.5, 0.6) is 11.5 Å². The van der Waals surface area contributed by atoms with Crippen LogP contribution in [0.4, 0.5) is 8.78 Å². The Morgan fingerprint density at radius 3 is 2.38 bits per heavy atom. The molecule has 0 aromatic heterocycles. The van der Waals surface area contributed by atoms with Gasteiger partial charge in [-0.3, -0.25) is 9.69 Å². The van der Waals surface area contributed by atoms with E-state index < -0.39 is 27.6 Å². The number of halogens is 2. The molecule has 8 nitrogen and oxygen atoms in total. The molecule has 1 aliphatic carbocycles. The Morgan fingerprint density at radius 1 is 1.02 bits per heavy atom. The minimum absolute atomic E-state index is 0.0307. The van der Waals surface area contributed by atoms with Gasteiger partial charge >= 0.3 is 0 Å². The third kappa shape index (κ3) is 8.73. The summed E-state index contributed by atoms with van der Waals surface area (Å²) in [4.78, 5) is 13.9. The number of likely N-dealkylation sites (N-methyl/N-ethyl adjacent to an activating group) is 1. The lowest BCUT2D eigenvalue weighted by Crippen LogP contribution is -2.29. The zero-order valence-electron chi connectivity index (χ0n) is 22.3. The highest BCUT2D eigenvalue weighted by atomic mass is 32.2. The van der Waals surface area contributed by atoms with Crippen molar-refractivity contribution in [1.29, 1.82) is 0 Å². The maximum atomic E-state index is 14.7. The Labute approximate surface area is 232 Å². The first-order valence-electron chi connectivity index (χ1n) is 12.8. The van der Waals surface area contributed by atoms with Gasteiger partial charge in [0, 0.05) is 30.3 Å². The number of benzene rings is 3. The highest BCUT2D eigenvalue weighted by Crippen LogP contribution is 2.33. The summed E-state index contributed by atoms with van der Waals surface area (Å²) >= 11 is 0. The first kappa shape index (κ1) is 29.4. The van der Waals surface area contributed by atoms with Crippen LogP contribution in [0.25, 0.3) is 11.1 Å². The Balaban J connectivity index is 1.53. The Morgan fingerprint density at radius 2 is 1.73 bits per heavy atom. The van der Waals surface area contributed by atoms with Crippen LogP contribution >= 0.6 is 0 Å². The van der Waals surface area contributed by atoms with E-state index in [0.29, 0.717) is 36.9 Å². The monoisotopic (exact) mass is 574 g/mol. The van der Waals surface area contributed by atoms with Crippen LogP contribution in [0.2, 0.25) is 0 Å². The fraction of sp³-hybridized carbons (Fsp3) is 0.345. The average molecular weight is 575 g/mol. The van der Waals surface area contributed by atoms with Gasteiger partial charge in [-0.15, -0.1) is 0 Å². The number of sulfonamides is 1. The molecule has 3 aromatic carbocycles. The van der Waals surface area contributed by atoms with Crippen molar-refractivity contribution in [3.8, 4) is 22.6 Å². The van der Waals surface area contributed by atoms with Crippen LogP contribution in [0, 0.1) is 17.6 Å². The molecule has 0 bridgehead atoms. The minimum atomic E-state index is -3.79. The number of hydrogen-bond donors (Lipinski definition) is 2. The Bertz CT molecular complexity index is 1480. The Hall–Kier alpha value is -3.54. The number of aliphatic hydroxyl groups is 1. The predicted molar refractivity (Wildman–Crippen MR) is 147 cm³/mol. The lowest BCUT2D eigenvalue weighted by Gasteiger charge is -2.18. The molecule has 1 fully saturated rings. The fourth-order valence-corrected chi connectivity index (χ4v) is 4.52. The second-order valence-electron chi connectivity index (χ2n) is 10.1. The minimum Gasteiger partial charge on any atom is -0.493 e. The number of carbonyl (C=O) groups is 1. The molecule has 0 atom stereocenters. The van der Waals surface area contributed by atoms with E-state index in [0.717, 1.165) is 36.3 Å². The van der Waals surface area contributed by atoms with Crippen molar-refractivity contribution in [2.24, 2.45) is 5.92 Å². The average Bonchev–Trinajstić information content (AvgIpc) is 3.70. The maximum Gasteiger partial charge on any atom is 0.264 e. The van der Waals surface area contributed by atoms with Gasteiger partial charge in [0.25, 0.3) is 5.91 Å². The number of aliphatic hydroxyl groups excluding tert-OH is 1. The van der Waals surface area contributed by atoms with E-state index in [1.54, 1.807) is 10.8 Å². The summed E-state index contributed by atoms with van der Waals surface area (Å²) in [5, 5.41) is 9.26. The van der Waals surface area contributed by atoms with E-state index >= 15 is 0 Å². The number of ether oxygens (including phenoxy) is 2. The molecule has 3 aromatic rings. The van der Waals surface area contributed by atoms with E-state index in [1.165, 1.54) is 24.3 Å². The molecule has 0 unspecified atom stereocenters. The quantitative estimate of drug-likeness (QED) is 0.317. The molecule has 0 heterocycles. The maximum absolute atomic E-state index is 14.7. The molecule has 0 radical (unpaired) electrons. The SMILES string of the molecule is CN(CCO)Cc1cc(OCC2CC2)cc(-c2cc(F)cc(OCc3ccc(C(=O)NS(C)(=O)=O)cc3F)c2)c1. The molecule has 40 heavy (non-hydrogen) atoms. The van der Waals surface area contributed by atoms with Gasteiger partial charge in [-0.05, 0) is 85.0 Å². The number of hydrogen-bond acceptors (Lipinski definition) is 7. The summed E-state index contributed by atoms with van der Waals surface area (Å²) in [6, 6.07) is 13.4. The Kier molecular flexibility index (Phi) is 9.39. The topological polar surface area (TPSA) is 105 Å². The molecule has 0 saturated heterocycles. The van der Waals surface area contributed by atoms with Gasteiger partial charge in [-0.25, -0.2) is 21.9 Å². The smallest absolute Gasteiger partial charge is 0.264 e. The molecule has 11 heteroatoms. The molecule has 1 amide bonds. The van der Waals surface area contributed by atoms with Gasteiger partial charge in [0.1, 0.15) is 29.7 Å². The third-order valence-electron chi connectivity index (χ3n) is 6.28. The van der Waals surface area contributed by atoms with E-state index in [4.69, 9.17) is 9.47 Å². The van der Waals surface area contributed by atoms with Crippen LogP contribution in [0.1, 0.15) is 34.3 Å². The van der Waals surface area contributed by atoms with Gasteiger partial charge in [0.2, 0.25) is 10.0 Å². The van der Waals surface area contributed by atoms with Crippen molar-refractivity contribution in [3.63, 3.8) is 0 Å². The summed E-state index contributed by atoms with van der Waals surface area (Å²) < 4.78 is 65.3. The van der Waals surface area contributed by atoms with Crippen molar-refractivity contribution >= 4 is 15.9 Å². The first-order chi connectivity index (χ1) is 19.0. The van der Waals surface area contributed by atoms with Crippen molar-refractivity contribution in [3.05, 3.63) is 82.9 Å². The van der Waals surface area contributed by atoms with Gasteiger partial charge in [-0.2, -0.15) is 0 Å². The van der Waals surface area contributed by atoms with E-state index in [9.17, 15) is 27.1 Å². The molecular weight excluding hydrogens is 542 g/mol. The predicted octanol–water partition coefficient (Wildman–Crippen LogP) is 4.11. The van der Waals surface area contributed by atoms with E-state index in [2.05, 4.69) is 0 Å². The normalized spacial score (nSPS) is 13.3. The highest BCUT2D eigenvalue weighted by Gasteiger charge is 2.22. The van der Waals surface area contributed by atoms with Gasteiger partial charge < -0.3 is 14.6 Å². The summed E-state index contributed by atoms with van der Waals surface area (Å²) in [7, 11) is -1.90. The van der Waals surface area contributed by atoms with E-state index in [-0.39, 0.29) is 30.1 Å². The zero-order chi connectivity index (χ0) is 28.9. The number of amides is 1. The fourth-order valence-electron chi connectivity index (χ4n) is 4.07. The van der Waals surface area contributed by atoms with Crippen LogP contribution in [-0.2, 0) is 23.2 Å². The number of carbonyl (C=O) groups excluding carboxylic acids is 1. The molecule has 1 aliphatic rings. The van der Waals surface area contributed by atoms with Crippen molar-refractivity contribution in [2.75, 3.05) is 33.1 Å². The molecule has 0 spiro atoms. The second kappa shape index (κ2) is 12.8. The van der Waals surface area contributed by atoms with Gasteiger partial charge in [0.15, 0.2) is 0 Å². The summed E-state index contributed by atoms with van der Waals surface area (Å²) in [6.45, 7) is 1.46. The van der Waals surface area contributed by atoms with E-state index in [1.807, 2.05) is 30.1 Å². The summed E-state index contributed by atoms with van der Waals surface area (Å²) in [6.07, 6.45) is 3.12. The summed E-state index contributed by atoms with van der Waals surface area (Å²) in [5.74, 6) is -0.850. The lowest BCUT2D eigenvalue weighted by molar-refractivity contribution is 0.0981. The first-order valence-corrected chi connectivity index (χ1v) is 14.7. The number of nitrogens with zero attached hydrogens (tertiary/aromatic N) is 1. The van der Waals surface area contributed by atoms with Crippen LogP contribution in [0.3, 0.4) is 0 Å². The number of nitrogens with one attached hydrogen (secondary N) is 1. The molecule has 4 rings (SSSR count). The van der Waals surface area contributed by atoms with Crippen LogP contribution in [-0.4, -0.2) is 57.4 Å². The van der Waals surface area contributed by atoms with Gasteiger partial charge in [0.05, 0.1) is 19.5 Å².